The first-order valence-corrected chi connectivity index (χ1v) is 7.88. The van der Waals surface area contributed by atoms with Crippen molar-refractivity contribution in [2.75, 3.05) is 0 Å². The molecule has 0 aliphatic carbocycles. The van der Waals surface area contributed by atoms with Gasteiger partial charge in [0.1, 0.15) is 0 Å². The van der Waals surface area contributed by atoms with Crippen molar-refractivity contribution in [3.63, 3.8) is 0 Å². The van der Waals surface area contributed by atoms with Gasteiger partial charge in [0.2, 0.25) is 0 Å². The molecule has 0 atom stereocenters. The normalized spacial score (nSPS) is 11.0. The number of aromatic nitrogens is 2. The summed E-state index contributed by atoms with van der Waals surface area (Å²) in [6.45, 7) is 0.525. The number of carbonyl (C=O) groups excluding carboxylic acids is 1. The van der Waals surface area contributed by atoms with Crippen LogP contribution in [-0.2, 0) is 13.6 Å². The van der Waals surface area contributed by atoms with Crippen LogP contribution in [0.1, 0.15) is 15.9 Å². The summed E-state index contributed by atoms with van der Waals surface area (Å²) in [4.78, 5) is 16.6. The molecule has 2 heterocycles. The first kappa shape index (κ1) is 14.5. The molecule has 0 saturated carbocycles. The van der Waals surface area contributed by atoms with E-state index in [1.165, 1.54) is 0 Å². The second kappa shape index (κ2) is 5.81. The summed E-state index contributed by atoms with van der Waals surface area (Å²) in [6.07, 6.45) is 3.65. The Hall–Kier alpha value is -3.14. The Labute approximate surface area is 139 Å². The Morgan fingerprint density at radius 3 is 2.67 bits per heavy atom. The van der Waals surface area contributed by atoms with Gasteiger partial charge in [0.15, 0.2) is 0 Å². The van der Waals surface area contributed by atoms with E-state index in [1.54, 1.807) is 6.20 Å². The highest BCUT2D eigenvalue weighted by atomic mass is 16.1. The van der Waals surface area contributed by atoms with E-state index in [0.717, 1.165) is 27.4 Å². The van der Waals surface area contributed by atoms with Crippen molar-refractivity contribution >= 4 is 27.7 Å². The summed E-state index contributed by atoms with van der Waals surface area (Å²) in [6, 6.07) is 17.7. The van der Waals surface area contributed by atoms with Crippen LogP contribution < -0.4 is 5.32 Å². The minimum absolute atomic E-state index is 0.0656. The van der Waals surface area contributed by atoms with E-state index in [-0.39, 0.29) is 5.91 Å². The van der Waals surface area contributed by atoms with Crippen LogP contribution >= 0.6 is 0 Å². The summed E-state index contributed by atoms with van der Waals surface area (Å²) in [5.41, 5.74) is 3.85. The van der Waals surface area contributed by atoms with Crippen LogP contribution in [0.5, 0.6) is 0 Å². The number of hydrogen-bond donors (Lipinski definition) is 1. The lowest BCUT2D eigenvalue weighted by Gasteiger charge is -2.06. The van der Waals surface area contributed by atoms with Gasteiger partial charge < -0.3 is 9.88 Å². The standard InChI is InChI=1S/C20H17N3O/c1-23-18-11-15(20(24)22-12-14-5-3-2-4-6-14)7-8-16(18)17-9-10-21-13-19(17)23/h2-11,13H,12H2,1H3,(H,22,24). The van der Waals surface area contributed by atoms with E-state index in [9.17, 15) is 4.79 Å². The summed E-state index contributed by atoms with van der Waals surface area (Å²) in [5.74, 6) is -0.0656. The monoisotopic (exact) mass is 315 g/mol. The number of carbonyl (C=O) groups is 1. The number of rotatable bonds is 3. The van der Waals surface area contributed by atoms with E-state index < -0.39 is 0 Å². The maximum Gasteiger partial charge on any atom is 0.251 e. The Bertz CT molecular complexity index is 1030. The summed E-state index contributed by atoms with van der Waals surface area (Å²) in [5, 5.41) is 5.26. The molecule has 2 aromatic heterocycles. The van der Waals surface area contributed by atoms with Crippen LogP contribution in [0.3, 0.4) is 0 Å². The van der Waals surface area contributed by atoms with Crippen LogP contribution in [0.2, 0.25) is 0 Å². The highest BCUT2D eigenvalue weighted by Crippen LogP contribution is 2.27. The maximum absolute atomic E-state index is 12.5. The number of nitrogens with one attached hydrogen (secondary N) is 1. The fraction of sp³-hybridized carbons (Fsp3) is 0.100. The molecular formula is C20H17N3O. The van der Waals surface area contributed by atoms with Crippen molar-refractivity contribution in [2.45, 2.75) is 6.54 Å². The largest absolute Gasteiger partial charge is 0.348 e. The zero-order valence-electron chi connectivity index (χ0n) is 13.4. The van der Waals surface area contributed by atoms with Crippen molar-refractivity contribution in [3.8, 4) is 0 Å². The molecule has 4 nitrogen and oxygen atoms in total. The SMILES string of the molecule is Cn1c2cnccc2c2ccc(C(=O)NCc3ccccc3)cc21. The predicted octanol–water partition coefficient (Wildman–Crippen LogP) is 3.66. The Morgan fingerprint density at radius 2 is 1.83 bits per heavy atom. The second-order valence-corrected chi connectivity index (χ2v) is 5.85. The third kappa shape index (κ3) is 2.42. The lowest BCUT2D eigenvalue weighted by molar-refractivity contribution is 0.0951. The van der Waals surface area contributed by atoms with Crippen LogP contribution in [0.15, 0.2) is 67.0 Å². The fourth-order valence-electron chi connectivity index (χ4n) is 3.07. The maximum atomic E-state index is 12.5. The van der Waals surface area contributed by atoms with Crippen molar-refractivity contribution in [1.29, 1.82) is 0 Å². The minimum Gasteiger partial charge on any atom is -0.348 e. The third-order valence-corrected chi connectivity index (χ3v) is 4.37. The van der Waals surface area contributed by atoms with E-state index in [4.69, 9.17) is 0 Å². The van der Waals surface area contributed by atoms with Crippen molar-refractivity contribution in [3.05, 3.63) is 78.1 Å². The van der Waals surface area contributed by atoms with Gasteiger partial charge in [0.05, 0.1) is 11.7 Å². The molecule has 118 valence electrons. The van der Waals surface area contributed by atoms with Gasteiger partial charge in [-0.2, -0.15) is 0 Å². The molecule has 0 radical (unpaired) electrons. The van der Waals surface area contributed by atoms with Gasteiger partial charge in [0, 0.05) is 41.6 Å². The molecular weight excluding hydrogens is 298 g/mol. The Kier molecular flexibility index (Phi) is 3.50. The van der Waals surface area contributed by atoms with E-state index in [0.29, 0.717) is 12.1 Å². The van der Waals surface area contributed by atoms with Gasteiger partial charge in [-0.25, -0.2) is 0 Å². The van der Waals surface area contributed by atoms with Crippen LogP contribution in [0.4, 0.5) is 0 Å². The number of hydrogen-bond acceptors (Lipinski definition) is 2. The van der Waals surface area contributed by atoms with Crippen molar-refractivity contribution in [2.24, 2.45) is 7.05 Å². The highest BCUT2D eigenvalue weighted by Gasteiger charge is 2.11. The molecule has 0 spiro atoms. The molecule has 1 amide bonds. The summed E-state index contributed by atoms with van der Waals surface area (Å²) in [7, 11) is 2.00. The minimum atomic E-state index is -0.0656. The molecule has 0 unspecified atom stereocenters. The molecule has 4 aromatic rings. The number of aryl methyl sites for hydroxylation is 1. The quantitative estimate of drug-likeness (QED) is 0.627. The van der Waals surface area contributed by atoms with E-state index >= 15 is 0 Å². The molecule has 2 aromatic carbocycles. The molecule has 4 rings (SSSR count). The van der Waals surface area contributed by atoms with Crippen LogP contribution in [0, 0.1) is 0 Å². The van der Waals surface area contributed by atoms with E-state index in [2.05, 4.69) is 14.9 Å². The average molecular weight is 315 g/mol. The first-order chi connectivity index (χ1) is 11.7. The third-order valence-electron chi connectivity index (χ3n) is 4.37. The van der Waals surface area contributed by atoms with Crippen molar-refractivity contribution in [1.82, 2.24) is 14.9 Å². The van der Waals surface area contributed by atoms with Crippen LogP contribution in [-0.4, -0.2) is 15.5 Å². The lowest BCUT2D eigenvalue weighted by Crippen LogP contribution is -2.22. The molecule has 0 aliphatic heterocycles. The van der Waals surface area contributed by atoms with Crippen molar-refractivity contribution < 1.29 is 4.79 Å². The fourth-order valence-corrected chi connectivity index (χ4v) is 3.07. The molecule has 0 aliphatic rings. The zero-order valence-corrected chi connectivity index (χ0v) is 13.4. The van der Waals surface area contributed by atoms with Gasteiger partial charge in [-0.05, 0) is 23.8 Å². The number of fused-ring (bicyclic) bond motifs is 3. The molecule has 0 saturated heterocycles. The zero-order chi connectivity index (χ0) is 16.5. The average Bonchev–Trinajstić information content (AvgIpc) is 2.93. The predicted molar refractivity (Wildman–Crippen MR) is 95.8 cm³/mol. The van der Waals surface area contributed by atoms with E-state index in [1.807, 2.05) is 67.8 Å². The molecule has 0 fully saturated rings. The Morgan fingerprint density at radius 1 is 1.04 bits per heavy atom. The molecule has 4 heteroatoms. The highest BCUT2D eigenvalue weighted by molar-refractivity contribution is 6.09. The number of nitrogens with zero attached hydrogens (tertiary/aromatic N) is 2. The summed E-state index contributed by atoms with van der Waals surface area (Å²) >= 11 is 0. The van der Waals surface area contributed by atoms with Gasteiger partial charge in [-0.3, -0.25) is 9.78 Å². The topological polar surface area (TPSA) is 46.9 Å². The molecule has 0 bridgehead atoms. The number of pyridine rings is 1. The smallest absolute Gasteiger partial charge is 0.251 e. The molecule has 24 heavy (non-hydrogen) atoms. The van der Waals surface area contributed by atoms with Crippen LogP contribution in [0.25, 0.3) is 21.8 Å². The number of amides is 1. The van der Waals surface area contributed by atoms with Gasteiger partial charge in [-0.15, -0.1) is 0 Å². The van der Waals surface area contributed by atoms with Gasteiger partial charge in [-0.1, -0.05) is 36.4 Å². The van der Waals surface area contributed by atoms with Gasteiger partial charge >= 0.3 is 0 Å². The van der Waals surface area contributed by atoms with Gasteiger partial charge in [0.25, 0.3) is 5.91 Å². The first-order valence-electron chi connectivity index (χ1n) is 7.88. The number of benzene rings is 2. The lowest BCUT2D eigenvalue weighted by atomic mass is 10.1. The molecule has 1 N–H and O–H groups in total. The summed E-state index contributed by atoms with van der Waals surface area (Å²) < 4.78 is 2.08. The Balaban J connectivity index is 1.66. The second-order valence-electron chi connectivity index (χ2n) is 5.85.